The minimum Gasteiger partial charge on any atom is -0.507 e. The van der Waals surface area contributed by atoms with Crippen LogP contribution in [0.15, 0.2) is 34.7 Å². The number of aryl methyl sites for hydroxylation is 1. The Morgan fingerprint density at radius 1 is 1.03 bits per heavy atom. The standard InChI is InChI=1S/C23H29B5O2/c1-3-4-5-6-7-8-15-11-19(29)21(20(30)12-15)18-13-16(23(26,27)28)9-10-17(18)14(2)22(24)25/h11-13,17-18,29-30H,3-10H2,1-2H3. The summed E-state index contributed by atoms with van der Waals surface area (Å²) in [5, 5.41) is 20.4. The van der Waals surface area contributed by atoms with Crippen molar-refractivity contribution in [3.8, 4) is 11.5 Å². The molecule has 0 aliphatic heterocycles. The first-order valence-corrected chi connectivity index (χ1v) is 10.9. The second-order valence-electron chi connectivity index (χ2n) is 8.65. The van der Waals surface area contributed by atoms with E-state index in [1.807, 2.05) is 13.0 Å². The van der Waals surface area contributed by atoms with E-state index in [2.05, 4.69) is 6.92 Å². The molecule has 2 rings (SSSR count). The van der Waals surface area contributed by atoms with E-state index >= 15 is 0 Å². The van der Waals surface area contributed by atoms with Crippen LogP contribution in [0.2, 0.25) is 5.11 Å². The van der Waals surface area contributed by atoms with Crippen LogP contribution in [-0.4, -0.2) is 49.4 Å². The zero-order valence-corrected chi connectivity index (χ0v) is 18.3. The van der Waals surface area contributed by atoms with E-state index in [0.717, 1.165) is 30.4 Å². The second-order valence-corrected chi connectivity index (χ2v) is 8.65. The maximum atomic E-state index is 10.8. The molecular weight excluding hydrogens is 362 g/mol. The first-order chi connectivity index (χ1) is 14.1. The van der Waals surface area contributed by atoms with Crippen LogP contribution in [0.3, 0.4) is 0 Å². The molecule has 0 spiro atoms. The molecule has 0 fully saturated rings. The van der Waals surface area contributed by atoms with Crippen LogP contribution >= 0.6 is 0 Å². The Bertz CT molecular complexity index is 768. The third-order valence-electron chi connectivity index (χ3n) is 6.21. The van der Waals surface area contributed by atoms with Crippen molar-refractivity contribution in [3.63, 3.8) is 0 Å². The first kappa shape index (κ1) is 24.9. The molecule has 0 heterocycles. The van der Waals surface area contributed by atoms with Crippen LogP contribution < -0.4 is 0 Å². The van der Waals surface area contributed by atoms with Crippen molar-refractivity contribution in [1.29, 1.82) is 0 Å². The van der Waals surface area contributed by atoms with Gasteiger partial charge in [-0.15, -0.1) is 5.11 Å². The van der Waals surface area contributed by atoms with E-state index in [-0.39, 0.29) is 28.7 Å². The van der Waals surface area contributed by atoms with Gasteiger partial charge in [0.2, 0.25) is 0 Å². The molecule has 0 amide bonds. The van der Waals surface area contributed by atoms with E-state index in [0.29, 0.717) is 24.0 Å². The lowest BCUT2D eigenvalue weighted by molar-refractivity contribution is 0.404. The molecule has 1 aromatic carbocycles. The average molecular weight is 392 g/mol. The predicted octanol–water partition coefficient (Wildman–Crippen LogP) is 4.18. The summed E-state index contributed by atoms with van der Waals surface area (Å²) in [7, 11) is 29.5. The summed E-state index contributed by atoms with van der Waals surface area (Å²) in [5.41, 5.74) is 2.83. The number of unbranched alkanes of at least 4 members (excludes halogenated alkanes) is 4. The van der Waals surface area contributed by atoms with Gasteiger partial charge < -0.3 is 10.2 Å². The van der Waals surface area contributed by atoms with Gasteiger partial charge in [-0.2, -0.15) is 5.37 Å². The molecule has 0 bridgehead atoms. The van der Waals surface area contributed by atoms with Gasteiger partial charge in [-0.3, -0.25) is 0 Å². The summed E-state index contributed by atoms with van der Waals surface area (Å²) in [6, 6.07) is 3.47. The molecule has 148 valence electrons. The fourth-order valence-electron chi connectivity index (χ4n) is 4.35. The molecule has 2 N–H and O–H groups in total. The highest BCUT2D eigenvalue weighted by Crippen LogP contribution is 2.49. The molecule has 1 aliphatic carbocycles. The molecule has 0 aromatic heterocycles. The van der Waals surface area contributed by atoms with E-state index in [1.54, 1.807) is 12.1 Å². The van der Waals surface area contributed by atoms with Crippen molar-refractivity contribution in [3.05, 3.63) is 45.9 Å². The molecule has 2 nitrogen and oxygen atoms in total. The molecule has 10 radical (unpaired) electrons. The predicted molar refractivity (Wildman–Crippen MR) is 130 cm³/mol. The van der Waals surface area contributed by atoms with E-state index in [4.69, 9.17) is 39.2 Å². The molecule has 1 aliphatic rings. The number of benzene rings is 1. The molecular formula is C23H29B5O2. The molecule has 30 heavy (non-hydrogen) atoms. The van der Waals surface area contributed by atoms with Gasteiger partial charge in [0.05, 0.1) is 39.2 Å². The van der Waals surface area contributed by atoms with Gasteiger partial charge in [0, 0.05) is 11.5 Å². The Labute approximate surface area is 189 Å². The lowest BCUT2D eigenvalue weighted by Gasteiger charge is -2.37. The summed E-state index contributed by atoms with van der Waals surface area (Å²) in [4.78, 5) is 0. The lowest BCUT2D eigenvalue weighted by atomic mass is 9.38. The van der Waals surface area contributed by atoms with Crippen molar-refractivity contribution in [2.75, 3.05) is 0 Å². The highest BCUT2D eigenvalue weighted by atomic mass is 16.3. The van der Waals surface area contributed by atoms with Gasteiger partial charge in [0.1, 0.15) is 11.5 Å². The van der Waals surface area contributed by atoms with Crippen molar-refractivity contribution >= 4 is 39.2 Å². The maximum Gasteiger partial charge on any atom is 0.123 e. The third-order valence-corrected chi connectivity index (χ3v) is 6.21. The van der Waals surface area contributed by atoms with Crippen LogP contribution in [0.4, 0.5) is 0 Å². The van der Waals surface area contributed by atoms with Crippen LogP contribution in [0.1, 0.15) is 75.8 Å². The summed E-state index contributed by atoms with van der Waals surface area (Å²) in [6.07, 6.45) is 9.70. The van der Waals surface area contributed by atoms with Crippen molar-refractivity contribution in [1.82, 2.24) is 0 Å². The lowest BCUT2D eigenvalue weighted by Crippen LogP contribution is -2.25. The first-order valence-electron chi connectivity index (χ1n) is 10.9. The number of hydrogen-bond donors (Lipinski definition) is 2. The summed E-state index contributed by atoms with van der Waals surface area (Å²) in [6.45, 7) is 4.05. The molecule has 0 saturated heterocycles. The van der Waals surface area contributed by atoms with Crippen LogP contribution in [0, 0.1) is 5.92 Å². The Balaban J connectivity index is 2.37. The largest absolute Gasteiger partial charge is 0.507 e. The average Bonchev–Trinajstić information content (AvgIpc) is 2.66. The van der Waals surface area contributed by atoms with Crippen molar-refractivity contribution in [2.24, 2.45) is 5.92 Å². The minimum absolute atomic E-state index is 0.0473. The number of aromatic hydroxyl groups is 2. The fraction of sp³-hybridized carbons (Fsp3) is 0.565. The fourth-order valence-corrected chi connectivity index (χ4v) is 4.35. The highest BCUT2D eigenvalue weighted by molar-refractivity contribution is 6.61. The van der Waals surface area contributed by atoms with E-state index < -0.39 is 5.11 Å². The SMILES string of the molecule is [B]C([B])=C(C)C1CCC(C([B])([B])[B])=CC1c1c(O)cc(CCCCCCC)cc1O. The maximum absolute atomic E-state index is 10.8. The topological polar surface area (TPSA) is 40.5 Å². The normalized spacial score (nSPS) is 19.3. The summed E-state index contributed by atoms with van der Waals surface area (Å²) < 4.78 is 0. The van der Waals surface area contributed by atoms with Gasteiger partial charge in [0.15, 0.2) is 0 Å². The highest BCUT2D eigenvalue weighted by Gasteiger charge is 2.33. The zero-order chi connectivity index (χ0) is 22.5. The Morgan fingerprint density at radius 3 is 2.17 bits per heavy atom. The van der Waals surface area contributed by atoms with Gasteiger partial charge in [-0.25, -0.2) is 0 Å². The third kappa shape index (κ3) is 6.31. The van der Waals surface area contributed by atoms with Gasteiger partial charge >= 0.3 is 0 Å². The van der Waals surface area contributed by atoms with Crippen LogP contribution in [0.5, 0.6) is 11.5 Å². The Kier molecular flexibility index (Phi) is 8.94. The molecule has 1 aromatic rings. The van der Waals surface area contributed by atoms with E-state index in [9.17, 15) is 10.2 Å². The van der Waals surface area contributed by atoms with E-state index in [1.165, 1.54) is 19.3 Å². The number of phenolic OH excluding ortho intramolecular Hbond substituents is 2. The molecule has 0 saturated carbocycles. The quantitative estimate of drug-likeness (QED) is 0.377. The monoisotopic (exact) mass is 392 g/mol. The summed E-state index contributed by atoms with van der Waals surface area (Å²) >= 11 is 0. The van der Waals surface area contributed by atoms with Crippen molar-refractivity contribution in [2.45, 2.75) is 76.2 Å². The Hall–Kier alpha value is -1.38. The minimum atomic E-state index is -1.46. The van der Waals surface area contributed by atoms with Gasteiger partial charge in [0.25, 0.3) is 0 Å². The molecule has 2 unspecified atom stereocenters. The smallest absolute Gasteiger partial charge is 0.123 e. The van der Waals surface area contributed by atoms with Crippen molar-refractivity contribution < 1.29 is 10.2 Å². The van der Waals surface area contributed by atoms with Crippen LogP contribution in [0.25, 0.3) is 0 Å². The Morgan fingerprint density at radius 2 is 1.63 bits per heavy atom. The number of hydrogen-bond acceptors (Lipinski definition) is 2. The second kappa shape index (κ2) is 10.8. The number of rotatable bonds is 9. The van der Waals surface area contributed by atoms with Crippen LogP contribution in [-0.2, 0) is 6.42 Å². The number of allylic oxidation sites excluding steroid dienone is 3. The number of phenols is 2. The van der Waals surface area contributed by atoms with Gasteiger partial charge in [-0.05, 0) is 56.2 Å². The van der Waals surface area contributed by atoms with Gasteiger partial charge in [-0.1, -0.05) is 49.8 Å². The summed E-state index contributed by atoms with van der Waals surface area (Å²) in [5.74, 6) is -0.389. The molecule has 2 atom stereocenters. The zero-order valence-electron chi connectivity index (χ0n) is 18.3. The molecule has 7 heteroatoms.